The SMILES string of the molecule is O=C(C[NH+]1CCC[C@@H](c2nc3ccccc3s2)C1)NC12CC3CC(CC(C3)C1)C2. The summed E-state index contributed by atoms with van der Waals surface area (Å²) in [5.74, 6) is 3.45. The van der Waals surface area contributed by atoms with E-state index < -0.39 is 0 Å². The van der Waals surface area contributed by atoms with E-state index in [-0.39, 0.29) is 5.54 Å². The first kappa shape index (κ1) is 18.3. The van der Waals surface area contributed by atoms with Gasteiger partial charge in [-0.15, -0.1) is 11.3 Å². The molecule has 2 N–H and O–H groups in total. The largest absolute Gasteiger partial charge is 0.346 e. The zero-order chi connectivity index (χ0) is 19.4. The quantitative estimate of drug-likeness (QED) is 0.813. The van der Waals surface area contributed by atoms with Crippen molar-refractivity contribution in [3.63, 3.8) is 0 Å². The molecular formula is C24H32N3OS+. The van der Waals surface area contributed by atoms with Crippen molar-refractivity contribution in [3.8, 4) is 0 Å². The summed E-state index contributed by atoms with van der Waals surface area (Å²) >= 11 is 1.84. The summed E-state index contributed by atoms with van der Waals surface area (Å²) in [5.41, 5.74) is 1.27. The van der Waals surface area contributed by atoms with Crippen LogP contribution in [0.1, 0.15) is 62.3 Å². The molecule has 1 aromatic heterocycles. The second-order valence-corrected chi connectivity index (χ2v) is 11.5. The predicted molar refractivity (Wildman–Crippen MR) is 116 cm³/mol. The minimum atomic E-state index is 0.146. The molecule has 5 aliphatic rings. The highest BCUT2D eigenvalue weighted by Gasteiger charge is 2.51. The van der Waals surface area contributed by atoms with E-state index in [1.807, 2.05) is 11.3 Å². The molecule has 1 saturated heterocycles. The number of quaternary nitrogens is 1. The number of hydrogen-bond donors (Lipinski definition) is 2. The minimum Gasteiger partial charge on any atom is -0.346 e. The smallest absolute Gasteiger partial charge is 0.275 e. The van der Waals surface area contributed by atoms with Crippen LogP contribution < -0.4 is 10.2 Å². The van der Waals surface area contributed by atoms with Gasteiger partial charge in [0.15, 0.2) is 6.54 Å². The maximum absolute atomic E-state index is 13.0. The Morgan fingerprint density at radius 1 is 1.14 bits per heavy atom. The Kier molecular flexibility index (Phi) is 4.46. The van der Waals surface area contributed by atoms with Crippen LogP contribution >= 0.6 is 11.3 Å². The number of amides is 1. The van der Waals surface area contributed by atoms with Crippen molar-refractivity contribution in [1.82, 2.24) is 10.3 Å². The summed E-state index contributed by atoms with van der Waals surface area (Å²) in [4.78, 5) is 19.4. The van der Waals surface area contributed by atoms with Gasteiger partial charge >= 0.3 is 0 Å². The number of fused-ring (bicyclic) bond motifs is 1. The van der Waals surface area contributed by atoms with Crippen LogP contribution in [0.4, 0.5) is 0 Å². The fourth-order valence-electron chi connectivity index (χ4n) is 7.42. The third kappa shape index (κ3) is 3.50. The number of carbonyl (C=O) groups excluding carboxylic acids is 1. The predicted octanol–water partition coefficient (Wildman–Crippen LogP) is 3.14. The number of thiazole rings is 1. The van der Waals surface area contributed by atoms with Crippen LogP contribution in [0.5, 0.6) is 0 Å². The molecule has 4 nitrogen and oxygen atoms in total. The van der Waals surface area contributed by atoms with Gasteiger partial charge in [0.1, 0.15) is 5.01 Å². The normalized spacial score (nSPS) is 38.4. The highest BCUT2D eigenvalue weighted by atomic mass is 32.1. The average molecular weight is 411 g/mol. The van der Waals surface area contributed by atoms with Crippen LogP contribution in [-0.4, -0.2) is 36.1 Å². The lowest BCUT2D eigenvalue weighted by atomic mass is 9.53. The lowest BCUT2D eigenvalue weighted by Gasteiger charge is -2.56. The van der Waals surface area contributed by atoms with Crippen molar-refractivity contribution in [2.24, 2.45) is 17.8 Å². The number of piperidine rings is 1. The molecule has 0 spiro atoms. The molecule has 7 rings (SSSR count). The molecule has 1 amide bonds. The third-order valence-corrected chi connectivity index (χ3v) is 9.33. The molecular weight excluding hydrogens is 378 g/mol. The molecule has 4 saturated carbocycles. The van der Waals surface area contributed by atoms with E-state index in [0.29, 0.717) is 18.4 Å². The first-order valence-electron chi connectivity index (χ1n) is 11.6. The lowest BCUT2D eigenvalue weighted by molar-refractivity contribution is -0.898. The first-order valence-corrected chi connectivity index (χ1v) is 12.5. The van der Waals surface area contributed by atoms with E-state index in [0.717, 1.165) is 36.4 Å². The van der Waals surface area contributed by atoms with Crippen LogP contribution in [0, 0.1) is 17.8 Å². The monoisotopic (exact) mass is 410 g/mol. The van der Waals surface area contributed by atoms with Crippen molar-refractivity contribution in [2.45, 2.75) is 62.8 Å². The number of aromatic nitrogens is 1. The maximum atomic E-state index is 13.0. The first-order chi connectivity index (χ1) is 14.1. The van der Waals surface area contributed by atoms with Crippen LogP contribution in [0.2, 0.25) is 0 Å². The van der Waals surface area contributed by atoms with E-state index in [1.54, 1.807) is 0 Å². The molecule has 4 aliphatic carbocycles. The zero-order valence-corrected chi connectivity index (χ0v) is 18.0. The summed E-state index contributed by atoms with van der Waals surface area (Å²) in [6, 6.07) is 8.45. The van der Waals surface area contributed by atoms with Gasteiger partial charge in [0.25, 0.3) is 5.91 Å². The van der Waals surface area contributed by atoms with Crippen molar-refractivity contribution < 1.29 is 9.69 Å². The number of likely N-dealkylation sites (tertiary alicyclic amines) is 1. The second-order valence-electron chi connectivity index (χ2n) is 10.5. The molecule has 5 fully saturated rings. The molecule has 5 heteroatoms. The number of carbonyl (C=O) groups is 1. The topological polar surface area (TPSA) is 46.4 Å². The van der Waals surface area contributed by atoms with Gasteiger partial charge in [0.2, 0.25) is 0 Å². The summed E-state index contributed by atoms with van der Waals surface area (Å²) in [6.07, 6.45) is 10.4. The van der Waals surface area contributed by atoms with Gasteiger partial charge in [0.05, 0.1) is 29.2 Å². The number of rotatable bonds is 4. The van der Waals surface area contributed by atoms with Gasteiger partial charge in [-0.2, -0.15) is 0 Å². The molecule has 1 aromatic carbocycles. The van der Waals surface area contributed by atoms with E-state index in [1.165, 1.54) is 66.0 Å². The van der Waals surface area contributed by atoms with Crippen molar-refractivity contribution in [3.05, 3.63) is 29.3 Å². The third-order valence-electron chi connectivity index (χ3n) is 8.13. The molecule has 0 radical (unpaired) electrons. The van der Waals surface area contributed by atoms with Gasteiger partial charge < -0.3 is 10.2 Å². The van der Waals surface area contributed by atoms with Crippen LogP contribution in [-0.2, 0) is 4.79 Å². The van der Waals surface area contributed by atoms with Crippen molar-refractivity contribution in [1.29, 1.82) is 0 Å². The Balaban J connectivity index is 1.10. The standard InChI is InChI=1S/C24H31N3OS/c28-22(26-24-11-16-8-17(12-24)10-18(9-16)13-24)15-27-7-3-4-19(14-27)23-25-20-5-1-2-6-21(20)29-23/h1-2,5-6,16-19H,3-4,7-15H2,(H,26,28)/p+1/t16?,17?,18?,19-,24?/m1/s1. The number of nitrogens with zero attached hydrogens (tertiary/aromatic N) is 1. The highest BCUT2D eigenvalue weighted by Crippen LogP contribution is 2.55. The van der Waals surface area contributed by atoms with E-state index in [2.05, 4.69) is 29.6 Å². The molecule has 4 bridgehead atoms. The number of nitrogens with one attached hydrogen (secondary N) is 2. The Hall–Kier alpha value is -1.46. The van der Waals surface area contributed by atoms with Gasteiger partial charge in [-0.25, -0.2) is 4.98 Å². The van der Waals surface area contributed by atoms with Gasteiger partial charge in [0, 0.05) is 5.54 Å². The van der Waals surface area contributed by atoms with Crippen molar-refractivity contribution in [2.75, 3.05) is 19.6 Å². The molecule has 154 valence electrons. The van der Waals surface area contributed by atoms with Crippen LogP contribution in [0.3, 0.4) is 0 Å². The fraction of sp³-hybridized carbons (Fsp3) is 0.667. The summed E-state index contributed by atoms with van der Waals surface area (Å²) in [7, 11) is 0. The molecule has 1 unspecified atom stereocenters. The second kappa shape index (κ2) is 7.05. The molecule has 1 aliphatic heterocycles. The van der Waals surface area contributed by atoms with E-state index in [9.17, 15) is 4.79 Å². The summed E-state index contributed by atoms with van der Waals surface area (Å²) in [5, 5.41) is 4.84. The number of para-hydroxylation sites is 1. The Labute approximate surface area is 177 Å². The molecule has 2 aromatic rings. The zero-order valence-electron chi connectivity index (χ0n) is 17.2. The molecule has 2 heterocycles. The average Bonchev–Trinajstić information content (AvgIpc) is 3.11. The Bertz CT molecular complexity index is 853. The van der Waals surface area contributed by atoms with Crippen molar-refractivity contribution >= 4 is 27.5 Å². The lowest BCUT2D eigenvalue weighted by Crippen LogP contribution is -3.14. The van der Waals surface area contributed by atoms with E-state index in [4.69, 9.17) is 4.98 Å². The van der Waals surface area contributed by atoms with Gasteiger partial charge in [-0.1, -0.05) is 12.1 Å². The van der Waals surface area contributed by atoms with Gasteiger partial charge in [-0.3, -0.25) is 4.79 Å². The number of hydrogen-bond acceptors (Lipinski definition) is 3. The molecule has 2 atom stereocenters. The maximum Gasteiger partial charge on any atom is 0.275 e. The van der Waals surface area contributed by atoms with Gasteiger partial charge in [-0.05, 0) is 81.3 Å². The number of benzene rings is 1. The highest BCUT2D eigenvalue weighted by molar-refractivity contribution is 7.18. The Morgan fingerprint density at radius 2 is 1.86 bits per heavy atom. The summed E-state index contributed by atoms with van der Waals surface area (Å²) in [6.45, 7) is 2.81. The Morgan fingerprint density at radius 3 is 2.59 bits per heavy atom. The fourth-order valence-corrected chi connectivity index (χ4v) is 8.52. The van der Waals surface area contributed by atoms with Crippen LogP contribution in [0.15, 0.2) is 24.3 Å². The minimum absolute atomic E-state index is 0.146. The molecule has 29 heavy (non-hydrogen) atoms. The van der Waals surface area contributed by atoms with E-state index >= 15 is 0 Å². The van der Waals surface area contributed by atoms with Crippen LogP contribution in [0.25, 0.3) is 10.2 Å². The summed E-state index contributed by atoms with van der Waals surface area (Å²) < 4.78 is 1.29.